The van der Waals surface area contributed by atoms with Gasteiger partial charge in [0.05, 0.1) is 24.2 Å². The summed E-state index contributed by atoms with van der Waals surface area (Å²) >= 11 is 1.15. The van der Waals surface area contributed by atoms with Crippen LogP contribution in [-0.2, 0) is 24.5 Å². The van der Waals surface area contributed by atoms with Gasteiger partial charge in [0.25, 0.3) is 11.5 Å². The first-order valence-electron chi connectivity index (χ1n) is 10.6. The van der Waals surface area contributed by atoms with Crippen LogP contribution in [0.15, 0.2) is 58.7 Å². The topological polar surface area (TPSA) is 131 Å². The molecule has 0 aliphatic heterocycles. The van der Waals surface area contributed by atoms with E-state index >= 15 is 0 Å². The predicted molar refractivity (Wildman–Crippen MR) is 126 cm³/mol. The van der Waals surface area contributed by atoms with Crippen molar-refractivity contribution in [2.45, 2.75) is 26.1 Å². The fourth-order valence-electron chi connectivity index (χ4n) is 3.36. The number of carbonyl (C=O) groups excluding carboxylic acids is 1. The normalized spacial score (nSPS) is 11.4. The number of alkyl halides is 3. The minimum atomic E-state index is -4.83. The second kappa shape index (κ2) is 10.8. The molecular weight excluding hydrogens is 515 g/mol. The van der Waals surface area contributed by atoms with Crippen LogP contribution >= 0.6 is 11.3 Å². The van der Waals surface area contributed by atoms with E-state index in [-0.39, 0.29) is 36.5 Å². The molecule has 0 fully saturated rings. The number of hydrogen-bond acceptors (Lipinski definition) is 7. The Labute approximate surface area is 210 Å². The van der Waals surface area contributed by atoms with E-state index in [1.807, 2.05) is 0 Å². The van der Waals surface area contributed by atoms with Crippen LogP contribution in [-0.4, -0.2) is 33.3 Å². The number of H-pyrrole nitrogens is 1. The van der Waals surface area contributed by atoms with Crippen molar-refractivity contribution in [1.82, 2.24) is 15.3 Å². The lowest BCUT2D eigenvalue weighted by atomic mass is 10.1. The average Bonchev–Trinajstić information content (AvgIpc) is 3.25. The lowest BCUT2D eigenvalue weighted by Crippen LogP contribution is -2.27. The van der Waals surface area contributed by atoms with E-state index in [0.29, 0.717) is 16.0 Å². The number of carboxylic acid groups (broad SMARTS) is 1. The summed E-state index contributed by atoms with van der Waals surface area (Å²) < 4.78 is 46.7. The predicted octanol–water partition coefficient (Wildman–Crippen LogP) is 4.23. The summed E-state index contributed by atoms with van der Waals surface area (Å²) in [5.74, 6) is -2.40. The van der Waals surface area contributed by atoms with E-state index < -0.39 is 29.5 Å². The standard InChI is InChI=1S/C24H18F3N3O6S/c25-24(26,27)36-17-3-1-2-14(8-17)9-28-21(32)19-29-20(31)18-16(12-37-22(18)30-19)11-35-10-13-4-6-15(7-5-13)23(33)34/h1-8,12H,9-11H2,(H,28,32)(H,33,34)(H,29,30,31). The largest absolute Gasteiger partial charge is 0.573 e. The van der Waals surface area contributed by atoms with E-state index in [4.69, 9.17) is 9.84 Å². The number of fused-ring (bicyclic) bond motifs is 1. The molecular formula is C24H18F3N3O6S. The molecule has 13 heteroatoms. The number of carbonyl (C=O) groups is 2. The second-order valence-electron chi connectivity index (χ2n) is 7.73. The highest BCUT2D eigenvalue weighted by atomic mass is 32.1. The third-order valence-corrected chi connectivity index (χ3v) is 5.97. The van der Waals surface area contributed by atoms with Crippen LogP contribution in [0.3, 0.4) is 0 Å². The monoisotopic (exact) mass is 533 g/mol. The molecule has 9 nitrogen and oxygen atoms in total. The summed E-state index contributed by atoms with van der Waals surface area (Å²) in [5, 5.41) is 13.4. The number of aromatic amines is 1. The summed E-state index contributed by atoms with van der Waals surface area (Å²) in [6.45, 7) is 0.165. The summed E-state index contributed by atoms with van der Waals surface area (Å²) in [4.78, 5) is 43.0. The number of benzene rings is 2. The van der Waals surface area contributed by atoms with Crippen molar-refractivity contribution in [2.24, 2.45) is 0 Å². The summed E-state index contributed by atoms with van der Waals surface area (Å²) in [5.41, 5.74) is 1.30. The molecule has 0 unspecified atom stereocenters. The highest BCUT2D eigenvalue weighted by molar-refractivity contribution is 7.16. The summed E-state index contributed by atoms with van der Waals surface area (Å²) in [6.07, 6.45) is -4.83. The van der Waals surface area contributed by atoms with Crippen molar-refractivity contribution in [2.75, 3.05) is 0 Å². The number of carboxylic acids is 1. The molecule has 1 amide bonds. The number of thiophene rings is 1. The fourth-order valence-corrected chi connectivity index (χ4v) is 4.29. The molecule has 0 spiro atoms. The van der Waals surface area contributed by atoms with Gasteiger partial charge in [-0.3, -0.25) is 9.59 Å². The molecule has 2 aromatic heterocycles. The minimum Gasteiger partial charge on any atom is -0.478 e. The Bertz CT molecular complexity index is 1500. The molecule has 0 bridgehead atoms. The van der Waals surface area contributed by atoms with Crippen LogP contribution in [0.1, 0.15) is 37.7 Å². The highest BCUT2D eigenvalue weighted by Gasteiger charge is 2.31. The molecule has 0 saturated heterocycles. The minimum absolute atomic E-state index is 0.0906. The number of aromatic carboxylic acids is 1. The smallest absolute Gasteiger partial charge is 0.478 e. The van der Waals surface area contributed by atoms with Gasteiger partial charge in [-0.2, -0.15) is 0 Å². The first-order chi connectivity index (χ1) is 17.6. The number of rotatable bonds is 9. The number of nitrogens with one attached hydrogen (secondary N) is 2. The fraction of sp³-hybridized carbons (Fsp3) is 0.167. The molecule has 0 atom stereocenters. The van der Waals surface area contributed by atoms with Gasteiger partial charge >= 0.3 is 12.3 Å². The second-order valence-corrected chi connectivity index (χ2v) is 8.59. The molecule has 0 aliphatic carbocycles. The highest BCUT2D eigenvalue weighted by Crippen LogP contribution is 2.24. The van der Waals surface area contributed by atoms with Gasteiger partial charge in [0, 0.05) is 12.1 Å². The third-order valence-electron chi connectivity index (χ3n) is 5.05. The van der Waals surface area contributed by atoms with Crippen molar-refractivity contribution in [3.05, 3.63) is 92.3 Å². The van der Waals surface area contributed by atoms with Crippen molar-refractivity contribution in [3.63, 3.8) is 0 Å². The van der Waals surface area contributed by atoms with Gasteiger partial charge in [0.2, 0.25) is 5.82 Å². The Balaban J connectivity index is 1.39. The number of ether oxygens (including phenoxy) is 2. The number of hydrogen-bond donors (Lipinski definition) is 3. The zero-order valence-electron chi connectivity index (χ0n) is 18.8. The van der Waals surface area contributed by atoms with Gasteiger partial charge in [0.1, 0.15) is 10.6 Å². The average molecular weight is 533 g/mol. The molecule has 0 aliphatic rings. The van der Waals surface area contributed by atoms with Crippen LogP contribution < -0.4 is 15.6 Å². The van der Waals surface area contributed by atoms with Crippen LogP contribution in [0.5, 0.6) is 5.75 Å². The first kappa shape index (κ1) is 25.9. The van der Waals surface area contributed by atoms with Crippen molar-refractivity contribution < 1.29 is 37.3 Å². The number of halogens is 3. The zero-order chi connectivity index (χ0) is 26.6. The lowest BCUT2D eigenvalue weighted by Gasteiger charge is -2.10. The van der Waals surface area contributed by atoms with Crippen LogP contribution in [0.4, 0.5) is 13.2 Å². The van der Waals surface area contributed by atoms with Gasteiger partial charge < -0.3 is 24.9 Å². The quantitative estimate of drug-likeness (QED) is 0.294. The van der Waals surface area contributed by atoms with Crippen LogP contribution in [0.2, 0.25) is 0 Å². The van der Waals surface area contributed by atoms with Gasteiger partial charge in [-0.15, -0.1) is 24.5 Å². The third kappa shape index (κ3) is 6.71. The maximum atomic E-state index is 12.7. The van der Waals surface area contributed by atoms with E-state index in [9.17, 15) is 27.6 Å². The van der Waals surface area contributed by atoms with Crippen molar-refractivity contribution in [3.8, 4) is 5.75 Å². The molecule has 192 valence electrons. The Morgan fingerprint density at radius 2 is 1.84 bits per heavy atom. The zero-order valence-corrected chi connectivity index (χ0v) is 19.6. The molecule has 0 radical (unpaired) electrons. The summed E-state index contributed by atoms with van der Waals surface area (Å²) in [6, 6.07) is 11.3. The van der Waals surface area contributed by atoms with Gasteiger partial charge in [-0.1, -0.05) is 24.3 Å². The van der Waals surface area contributed by atoms with Crippen molar-refractivity contribution in [1.29, 1.82) is 0 Å². The maximum absolute atomic E-state index is 12.7. The lowest BCUT2D eigenvalue weighted by molar-refractivity contribution is -0.274. The van der Waals surface area contributed by atoms with E-state index in [0.717, 1.165) is 29.0 Å². The number of nitrogens with zero attached hydrogens (tertiary/aromatic N) is 1. The molecule has 2 aromatic carbocycles. The molecule has 37 heavy (non-hydrogen) atoms. The molecule has 2 heterocycles. The van der Waals surface area contributed by atoms with E-state index in [1.165, 1.54) is 24.3 Å². The molecule has 0 saturated carbocycles. The Morgan fingerprint density at radius 1 is 1.08 bits per heavy atom. The van der Waals surface area contributed by atoms with E-state index in [2.05, 4.69) is 20.0 Å². The number of amides is 1. The van der Waals surface area contributed by atoms with Gasteiger partial charge in [-0.05, 0) is 40.8 Å². The Kier molecular flexibility index (Phi) is 7.55. The molecule has 3 N–H and O–H groups in total. The molecule has 4 rings (SSSR count). The van der Waals surface area contributed by atoms with Crippen molar-refractivity contribution >= 4 is 33.4 Å². The van der Waals surface area contributed by atoms with E-state index in [1.54, 1.807) is 17.5 Å². The Hall–Kier alpha value is -4.23. The van der Waals surface area contributed by atoms with Crippen LogP contribution in [0, 0.1) is 0 Å². The summed E-state index contributed by atoms with van der Waals surface area (Å²) in [7, 11) is 0. The Morgan fingerprint density at radius 3 is 2.54 bits per heavy atom. The maximum Gasteiger partial charge on any atom is 0.573 e. The van der Waals surface area contributed by atoms with Gasteiger partial charge in [-0.25, -0.2) is 9.78 Å². The van der Waals surface area contributed by atoms with Crippen LogP contribution in [0.25, 0.3) is 10.2 Å². The first-order valence-corrected chi connectivity index (χ1v) is 11.5. The molecule has 4 aromatic rings. The number of aromatic nitrogens is 2. The SMILES string of the molecule is O=C(O)c1ccc(COCc2csc3nc(C(=O)NCc4cccc(OC(F)(F)F)c4)[nH]c(=O)c23)cc1. The van der Waals surface area contributed by atoms with Gasteiger partial charge in [0.15, 0.2) is 0 Å².